The molecule has 168 valence electrons. The number of hydrogen-bond donors (Lipinski definition) is 2. The molecule has 0 aliphatic carbocycles. The SMILES string of the molecule is CCC(CC)(c1ccc(SC(F)(F)C(F)(F)C(F)(F)C(F)(F)F)cc1)P(=O)(O)O. The molecule has 0 spiro atoms. The molecule has 0 aromatic heterocycles. The van der Waals surface area contributed by atoms with Crippen molar-refractivity contribution in [3.8, 4) is 0 Å². The third-order valence-electron chi connectivity index (χ3n) is 4.48. The molecule has 0 aliphatic rings. The number of thioether (sulfide) groups is 1. The molecule has 0 radical (unpaired) electrons. The molecule has 0 fully saturated rings. The van der Waals surface area contributed by atoms with Gasteiger partial charge in [0.05, 0.1) is 5.16 Å². The van der Waals surface area contributed by atoms with E-state index in [0.29, 0.717) is 12.1 Å². The molecule has 0 bridgehead atoms. The van der Waals surface area contributed by atoms with Crippen LogP contribution in [-0.4, -0.2) is 33.1 Å². The van der Waals surface area contributed by atoms with Crippen LogP contribution in [-0.2, 0) is 9.72 Å². The summed E-state index contributed by atoms with van der Waals surface area (Å²) in [6.45, 7) is 2.89. The van der Waals surface area contributed by atoms with E-state index in [-0.39, 0.29) is 18.4 Å². The van der Waals surface area contributed by atoms with Crippen molar-refractivity contribution in [2.24, 2.45) is 0 Å². The Balaban J connectivity index is 3.28. The summed E-state index contributed by atoms with van der Waals surface area (Å²) in [5.74, 6) is -13.7. The molecular formula is C15H16F9O3PS. The Hall–Kier alpha value is -0.910. The zero-order valence-corrected chi connectivity index (χ0v) is 16.5. The standard InChI is InChI=1S/C15H16F9O3PS/c1-3-11(4-2,28(25,26)27)9-5-7-10(8-6-9)29-15(23,24)13(18,19)12(16,17)14(20,21)22/h5-8H,3-4H2,1-2H3,(H2,25,26,27). The summed E-state index contributed by atoms with van der Waals surface area (Å²) in [5, 5.41) is -7.55. The number of halogens is 9. The highest BCUT2D eigenvalue weighted by molar-refractivity contribution is 8.00. The molecule has 0 unspecified atom stereocenters. The van der Waals surface area contributed by atoms with E-state index in [1.165, 1.54) is 13.8 Å². The summed E-state index contributed by atoms with van der Waals surface area (Å²) in [4.78, 5) is 18.4. The van der Waals surface area contributed by atoms with Crippen LogP contribution in [0.1, 0.15) is 32.3 Å². The van der Waals surface area contributed by atoms with Crippen LogP contribution >= 0.6 is 19.4 Å². The maximum absolute atomic E-state index is 13.7. The molecule has 1 aromatic carbocycles. The van der Waals surface area contributed by atoms with Crippen molar-refractivity contribution in [3.63, 3.8) is 0 Å². The van der Waals surface area contributed by atoms with E-state index in [1.54, 1.807) is 0 Å². The largest absolute Gasteiger partial charge is 0.460 e. The lowest BCUT2D eigenvalue weighted by molar-refractivity contribution is -0.381. The third kappa shape index (κ3) is 4.42. The highest BCUT2D eigenvalue weighted by atomic mass is 32.2. The molecule has 1 rings (SSSR count). The van der Waals surface area contributed by atoms with Gasteiger partial charge >= 0.3 is 30.9 Å². The first-order valence-electron chi connectivity index (χ1n) is 7.86. The normalized spacial score (nSPS) is 14.9. The summed E-state index contributed by atoms with van der Waals surface area (Å²) in [5.41, 5.74) is -0.0316. The summed E-state index contributed by atoms with van der Waals surface area (Å²) in [7, 11) is -4.75. The van der Waals surface area contributed by atoms with Gasteiger partial charge < -0.3 is 9.79 Å². The minimum absolute atomic E-state index is 0.0316. The topological polar surface area (TPSA) is 57.5 Å². The maximum atomic E-state index is 13.7. The van der Waals surface area contributed by atoms with Crippen LogP contribution < -0.4 is 0 Å². The third-order valence-corrected chi connectivity index (χ3v) is 7.51. The number of rotatable bonds is 8. The molecule has 29 heavy (non-hydrogen) atoms. The first-order chi connectivity index (χ1) is 12.8. The van der Waals surface area contributed by atoms with Gasteiger partial charge in [0.25, 0.3) is 0 Å². The van der Waals surface area contributed by atoms with Gasteiger partial charge in [0.2, 0.25) is 0 Å². The van der Waals surface area contributed by atoms with Crippen molar-refractivity contribution in [1.82, 2.24) is 0 Å². The Labute approximate surface area is 163 Å². The van der Waals surface area contributed by atoms with Gasteiger partial charge in [-0.15, -0.1) is 0 Å². The van der Waals surface area contributed by atoms with E-state index in [0.717, 1.165) is 12.1 Å². The predicted octanol–water partition coefficient (Wildman–Crippen LogP) is 6.40. The van der Waals surface area contributed by atoms with E-state index in [2.05, 4.69) is 0 Å². The maximum Gasteiger partial charge on any atom is 0.460 e. The lowest BCUT2D eigenvalue weighted by Crippen LogP contribution is -2.59. The average Bonchev–Trinajstić information content (AvgIpc) is 2.55. The lowest BCUT2D eigenvalue weighted by atomic mass is 9.93. The molecule has 0 atom stereocenters. The van der Waals surface area contributed by atoms with Crippen LogP contribution in [0.25, 0.3) is 0 Å². The number of alkyl halides is 9. The van der Waals surface area contributed by atoms with Crippen molar-refractivity contribution in [3.05, 3.63) is 29.8 Å². The molecule has 0 saturated carbocycles. The summed E-state index contributed by atoms with van der Waals surface area (Å²) >= 11 is -1.22. The van der Waals surface area contributed by atoms with Gasteiger partial charge in [-0.25, -0.2) is 0 Å². The molecule has 0 amide bonds. The van der Waals surface area contributed by atoms with Crippen molar-refractivity contribution >= 4 is 19.4 Å². The molecular weight excluding hydrogens is 462 g/mol. The molecule has 0 saturated heterocycles. The molecule has 1 aromatic rings. The van der Waals surface area contributed by atoms with Gasteiger partial charge in [-0.2, -0.15) is 39.5 Å². The van der Waals surface area contributed by atoms with Gasteiger partial charge in [0, 0.05) is 4.90 Å². The first kappa shape index (κ1) is 26.1. The Morgan fingerprint density at radius 1 is 0.828 bits per heavy atom. The Kier molecular flexibility index (Phi) is 7.18. The van der Waals surface area contributed by atoms with Crippen LogP contribution in [0, 0.1) is 0 Å². The summed E-state index contributed by atoms with van der Waals surface area (Å²) in [6.07, 6.45) is -7.06. The fraction of sp³-hybridized carbons (Fsp3) is 0.600. The zero-order valence-electron chi connectivity index (χ0n) is 14.8. The van der Waals surface area contributed by atoms with Crippen LogP contribution in [0.4, 0.5) is 39.5 Å². The highest BCUT2D eigenvalue weighted by Crippen LogP contribution is 2.61. The second kappa shape index (κ2) is 7.97. The number of benzene rings is 1. The second-order valence-corrected chi connectivity index (χ2v) is 9.20. The first-order valence-corrected chi connectivity index (χ1v) is 10.3. The van der Waals surface area contributed by atoms with Crippen LogP contribution in [0.3, 0.4) is 0 Å². The van der Waals surface area contributed by atoms with E-state index >= 15 is 0 Å². The molecule has 2 N–H and O–H groups in total. The van der Waals surface area contributed by atoms with Gasteiger partial charge in [-0.05, 0) is 42.3 Å². The second-order valence-electron chi connectivity index (χ2n) is 6.07. The van der Waals surface area contributed by atoms with Crippen molar-refractivity contribution in [2.75, 3.05) is 0 Å². The van der Waals surface area contributed by atoms with Gasteiger partial charge in [0.15, 0.2) is 0 Å². The quantitative estimate of drug-likeness (QED) is 0.258. The lowest BCUT2D eigenvalue weighted by Gasteiger charge is -2.34. The Bertz CT molecular complexity index is 755. The fourth-order valence-electron chi connectivity index (χ4n) is 2.64. The molecule has 0 heterocycles. The van der Waals surface area contributed by atoms with Gasteiger partial charge in [-0.3, -0.25) is 4.57 Å². The summed E-state index contributed by atoms with van der Waals surface area (Å²) < 4.78 is 128. The van der Waals surface area contributed by atoms with Gasteiger partial charge in [0.1, 0.15) is 0 Å². The minimum Gasteiger partial charge on any atom is -0.324 e. The van der Waals surface area contributed by atoms with E-state index in [4.69, 9.17) is 0 Å². The zero-order chi connectivity index (χ0) is 23.1. The Morgan fingerprint density at radius 2 is 1.24 bits per heavy atom. The van der Waals surface area contributed by atoms with Crippen molar-refractivity contribution in [1.29, 1.82) is 0 Å². The van der Waals surface area contributed by atoms with Crippen molar-refractivity contribution < 1.29 is 53.9 Å². The Morgan fingerprint density at radius 3 is 1.55 bits per heavy atom. The molecule has 3 nitrogen and oxygen atoms in total. The highest BCUT2D eigenvalue weighted by Gasteiger charge is 2.82. The number of hydrogen-bond acceptors (Lipinski definition) is 2. The van der Waals surface area contributed by atoms with Gasteiger partial charge in [-0.1, -0.05) is 26.0 Å². The minimum atomic E-state index is -6.99. The molecule has 14 heteroatoms. The van der Waals surface area contributed by atoms with E-state index in [1.807, 2.05) is 0 Å². The monoisotopic (exact) mass is 478 g/mol. The van der Waals surface area contributed by atoms with Crippen LogP contribution in [0.5, 0.6) is 0 Å². The van der Waals surface area contributed by atoms with Crippen LogP contribution in [0.15, 0.2) is 29.2 Å². The van der Waals surface area contributed by atoms with E-state index in [9.17, 15) is 53.9 Å². The smallest absolute Gasteiger partial charge is 0.324 e. The van der Waals surface area contributed by atoms with Crippen LogP contribution in [0.2, 0.25) is 0 Å². The van der Waals surface area contributed by atoms with E-state index < -0.39 is 52.7 Å². The summed E-state index contributed by atoms with van der Waals surface area (Å²) in [6, 6.07) is 3.21. The van der Waals surface area contributed by atoms with Crippen molar-refractivity contribution in [2.45, 2.75) is 60.0 Å². The fourth-order valence-corrected chi connectivity index (χ4v) is 4.78. The predicted molar refractivity (Wildman–Crippen MR) is 87.5 cm³/mol. The molecule has 0 aliphatic heterocycles. The average molecular weight is 478 g/mol.